The number of aryl methyl sites for hydroxylation is 1. The van der Waals surface area contributed by atoms with E-state index in [-0.39, 0.29) is 12.4 Å². The summed E-state index contributed by atoms with van der Waals surface area (Å²) in [6.07, 6.45) is 3.28. The summed E-state index contributed by atoms with van der Waals surface area (Å²) in [7, 11) is 0. The average Bonchev–Trinajstić information content (AvgIpc) is 3.01. The van der Waals surface area contributed by atoms with E-state index in [0.29, 0.717) is 46.7 Å². The fraction of sp³-hybridized carbons (Fsp3) is 0.389. The quantitative estimate of drug-likeness (QED) is 0.831. The first-order valence-corrected chi connectivity index (χ1v) is 9.38. The minimum Gasteiger partial charge on any atom is -0.396 e. The van der Waals surface area contributed by atoms with Crippen LogP contribution in [0, 0.1) is 0 Å². The molecule has 1 unspecified atom stereocenters. The van der Waals surface area contributed by atoms with Crippen molar-refractivity contribution >= 4 is 34.9 Å². The molecule has 0 amide bonds. The zero-order valence-corrected chi connectivity index (χ0v) is 15.5. The summed E-state index contributed by atoms with van der Waals surface area (Å²) in [4.78, 5) is 17.3. The predicted molar refractivity (Wildman–Crippen MR) is 99.5 cm³/mol. The van der Waals surface area contributed by atoms with Crippen LogP contribution in [-0.4, -0.2) is 32.3 Å². The lowest BCUT2D eigenvalue weighted by atomic mass is 9.85. The molecule has 8 heteroatoms. The van der Waals surface area contributed by atoms with Crippen molar-refractivity contribution < 1.29 is 9.90 Å². The first-order chi connectivity index (χ1) is 12.6. The fourth-order valence-corrected chi connectivity index (χ4v) is 4.07. The lowest BCUT2D eigenvalue weighted by Crippen LogP contribution is -2.31. The summed E-state index contributed by atoms with van der Waals surface area (Å²) in [5.41, 5.74) is 2.37. The van der Waals surface area contributed by atoms with Gasteiger partial charge >= 0.3 is 0 Å². The molecule has 0 saturated heterocycles. The summed E-state index contributed by atoms with van der Waals surface area (Å²) in [6, 6.07) is 4.86. The van der Waals surface area contributed by atoms with Crippen molar-refractivity contribution in [2.75, 3.05) is 11.9 Å². The van der Waals surface area contributed by atoms with Crippen molar-refractivity contribution in [2.24, 2.45) is 0 Å². The zero-order chi connectivity index (χ0) is 18.3. The Morgan fingerprint density at radius 3 is 2.92 bits per heavy atom. The van der Waals surface area contributed by atoms with Crippen molar-refractivity contribution in [3.63, 3.8) is 0 Å². The van der Waals surface area contributed by atoms with Crippen LogP contribution < -0.4 is 5.32 Å². The molecule has 4 rings (SSSR count). The smallest absolute Gasteiger partial charge is 0.226 e. The maximum atomic E-state index is 12.7. The van der Waals surface area contributed by atoms with Gasteiger partial charge in [-0.2, -0.15) is 10.1 Å². The van der Waals surface area contributed by atoms with Gasteiger partial charge in [-0.15, -0.1) is 0 Å². The van der Waals surface area contributed by atoms with Gasteiger partial charge in [-0.05, 0) is 31.4 Å². The van der Waals surface area contributed by atoms with E-state index < -0.39 is 6.04 Å². The van der Waals surface area contributed by atoms with Crippen molar-refractivity contribution in [3.8, 4) is 0 Å². The van der Waals surface area contributed by atoms with E-state index in [1.807, 2.05) is 6.07 Å². The molecule has 0 bridgehead atoms. The van der Waals surface area contributed by atoms with Gasteiger partial charge in [0, 0.05) is 46.3 Å². The predicted octanol–water partition coefficient (Wildman–Crippen LogP) is 3.53. The van der Waals surface area contributed by atoms with Gasteiger partial charge in [0.2, 0.25) is 5.95 Å². The Balaban J connectivity index is 1.86. The number of aliphatic hydroxyl groups is 1. The van der Waals surface area contributed by atoms with E-state index in [2.05, 4.69) is 15.4 Å². The summed E-state index contributed by atoms with van der Waals surface area (Å²) < 4.78 is 1.73. The molecule has 0 spiro atoms. The van der Waals surface area contributed by atoms with Gasteiger partial charge in [0.25, 0.3) is 0 Å². The van der Waals surface area contributed by atoms with E-state index in [9.17, 15) is 4.79 Å². The van der Waals surface area contributed by atoms with E-state index in [1.165, 1.54) is 0 Å². The molecule has 0 saturated carbocycles. The van der Waals surface area contributed by atoms with Crippen molar-refractivity contribution in [2.45, 2.75) is 38.1 Å². The van der Waals surface area contributed by atoms with Crippen LogP contribution in [0.1, 0.15) is 43.1 Å². The molecule has 1 aliphatic heterocycles. The molecule has 2 aliphatic rings. The van der Waals surface area contributed by atoms with E-state index in [0.717, 1.165) is 24.1 Å². The Morgan fingerprint density at radius 1 is 1.31 bits per heavy atom. The van der Waals surface area contributed by atoms with Crippen LogP contribution in [-0.2, 0) is 11.2 Å². The molecular weight excluding hydrogens is 375 g/mol. The number of nitrogens with zero attached hydrogens (tertiary/aromatic N) is 3. The number of allylic oxidation sites excluding steroid dienone is 2. The minimum absolute atomic E-state index is 0.0803. The number of fused-ring (bicyclic) bond motifs is 1. The van der Waals surface area contributed by atoms with Crippen LogP contribution in [0.3, 0.4) is 0 Å². The van der Waals surface area contributed by atoms with Crippen LogP contribution in [0.2, 0.25) is 10.0 Å². The second kappa shape index (κ2) is 7.02. The fourth-order valence-electron chi connectivity index (χ4n) is 3.55. The van der Waals surface area contributed by atoms with Crippen molar-refractivity contribution in [3.05, 3.63) is 50.9 Å². The number of aromatic nitrogens is 3. The first kappa shape index (κ1) is 17.5. The highest BCUT2D eigenvalue weighted by molar-refractivity contribution is 6.35. The molecule has 1 aliphatic carbocycles. The second-order valence-electron chi connectivity index (χ2n) is 6.49. The molecule has 6 nitrogen and oxygen atoms in total. The Hall–Kier alpha value is -1.89. The van der Waals surface area contributed by atoms with Gasteiger partial charge in [0.15, 0.2) is 11.6 Å². The Bertz CT molecular complexity index is 907. The maximum absolute atomic E-state index is 12.7. The third-order valence-corrected chi connectivity index (χ3v) is 5.29. The average molecular weight is 393 g/mol. The van der Waals surface area contributed by atoms with Gasteiger partial charge in [-0.3, -0.25) is 4.79 Å². The molecule has 1 aromatic heterocycles. The molecule has 26 heavy (non-hydrogen) atoms. The number of benzene rings is 1. The third kappa shape index (κ3) is 3.02. The number of ketones is 1. The number of carbonyl (C=O) groups is 1. The highest BCUT2D eigenvalue weighted by atomic mass is 35.5. The number of nitrogens with one attached hydrogen (secondary N) is 1. The molecule has 0 fully saturated rings. The van der Waals surface area contributed by atoms with Crippen molar-refractivity contribution in [1.82, 2.24) is 14.8 Å². The minimum atomic E-state index is -0.422. The Kier molecular flexibility index (Phi) is 4.73. The number of hydrogen-bond donors (Lipinski definition) is 2. The Labute approximate surface area is 160 Å². The van der Waals surface area contributed by atoms with Crippen LogP contribution in [0.5, 0.6) is 0 Å². The number of carbonyl (C=O) groups excluding carboxylic acids is 1. The van der Waals surface area contributed by atoms with E-state index in [1.54, 1.807) is 16.8 Å². The van der Waals surface area contributed by atoms with Crippen LogP contribution in [0.25, 0.3) is 0 Å². The second-order valence-corrected chi connectivity index (χ2v) is 7.33. The first-order valence-electron chi connectivity index (χ1n) is 8.63. The lowest BCUT2D eigenvalue weighted by Gasteiger charge is -2.32. The number of hydrogen-bond acceptors (Lipinski definition) is 5. The van der Waals surface area contributed by atoms with Crippen LogP contribution >= 0.6 is 23.2 Å². The summed E-state index contributed by atoms with van der Waals surface area (Å²) in [5.74, 6) is 1.33. The summed E-state index contributed by atoms with van der Waals surface area (Å²) >= 11 is 12.5. The highest BCUT2D eigenvalue weighted by Crippen LogP contribution is 2.42. The highest BCUT2D eigenvalue weighted by Gasteiger charge is 2.37. The molecule has 136 valence electrons. The SMILES string of the molecule is O=C1CCCC2=C1C(c1ccc(Cl)cc1Cl)n1nc(CCCO)nc1N2. The number of anilines is 1. The van der Waals surface area contributed by atoms with Gasteiger partial charge in [-0.1, -0.05) is 29.3 Å². The monoisotopic (exact) mass is 392 g/mol. The molecule has 1 aromatic carbocycles. The van der Waals surface area contributed by atoms with E-state index >= 15 is 0 Å². The molecule has 0 radical (unpaired) electrons. The molecule has 2 aromatic rings. The standard InChI is InChI=1S/C18H18Cl2N4O2/c19-10-6-7-11(12(20)9-10)17-16-13(3-1-4-14(16)26)21-18-22-15(5-2-8-25)23-24(17)18/h6-7,9,17,25H,1-5,8H2,(H,21,22,23). The van der Waals surface area contributed by atoms with Crippen molar-refractivity contribution in [1.29, 1.82) is 0 Å². The zero-order valence-electron chi connectivity index (χ0n) is 14.0. The number of rotatable bonds is 4. The largest absolute Gasteiger partial charge is 0.396 e. The number of Topliss-reactive ketones (excluding diaryl/α,β-unsaturated/α-hetero) is 1. The van der Waals surface area contributed by atoms with Gasteiger partial charge in [-0.25, -0.2) is 4.68 Å². The lowest BCUT2D eigenvalue weighted by molar-refractivity contribution is -0.116. The topological polar surface area (TPSA) is 80.0 Å². The normalized spacial score (nSPS) is 19.2. The summed E-state index contributed by atoms with van der Waals surface area (Å²) in [6.45, 7) is 0.0803. The van der Waals surface area contributed by atoms with Crippen LogP contribution in [0.15, 0.2) is 29.5 Å². The summed E-state index contributed by atoms with van der Waals surface area (Å²) in [5, 5.41) is 18.0. The third-order valence-electron chi connectivity index (χ3n) is 4.73. The van der Waals surface area contributed by atoms with Gasteiger partial charge in [0.1, 0.15) is 6.04 Å². The van der Waals surface area contributed by atoms with Gasteiger partial charge < -0.3 is 10.4 Å². The van der Waals surface area contributed by atoms with Gasteiger partial charge in [0.05, 0.1) is 0 Å². The van der Waals surface area contributed by atoms with Crippen LogP contribution in [0.4, 0.5) is 5.95 Å². The van der Waals surface area contributed by atoms with E-state index in [4.69, 9.17) is 28.3 Å². The molecular formula is C18H18Cl2N4O2. The molecule has 2 N–H and O–H groups in total. The number of aliphatic hydroxyl groups excluding tert-OH is 1. The molecule has 2 heterocycles. The number of halogens is 2. The molecule has 1 atom stereocenters. The maximum Gasteiger partial charge on any atom is 0.226 e. The Morgan fingerprint density at radius 2 is 2.15 bits per heavy atom.